The Labute approximate surface area is 125 Å². The van der Waals surface area contributed by atoms with Crippen LogP contribution in [0.1, 0.15) is 45.3 Å². The fourth-order valence-corrected chi connectivity index (χ4v) is 3.51. The molecule has 3 rings (SSSR count). The molecule has 0 aliphatic carbocycles. The molecular weight excluding hydrogens is 270 g/mol. The molecule has 2 nitrogen and oxygen atoms in total. The predicted octanol–water partition coefficient (Wildman–Crippen LogP) is 5.10. The second-order valence-corrected chi connectivity index (χ2v) is 6.59. The molecule has 1 atom stereocenters. The Hall–Kier alpha value is -0.990. The summed E-state index contributed by atoms with van der Waals surface area (Å²) in [5, 5.41) is 5.62. The van der Waals surface area contributed by atoms with Gasteiger partial charge in [0.1, 0.15) is 11.3 Å². The molecule has 1 unspecified atom stereocenters. The highest BCUT2D eigenvalue weighted by atomic mass is 35.5. The molecule has 1 fully saturated rings. The zero-order chi connectivity index (χ0) is 14.2. The van der Waals surface area contributed by atoms with Crippen molar-refractivity contribution in [2.24, 2.45) is 5.92 Å². The van der Waals surface area contributed by atoms with Gasteiger partial charge in [-0.05, 0) is 49.6 Å². The Bertz CT molecular complexity index is 594. The fourth-order valence-electron chi connectivity index (χ4n) is 3.33. The summed E-state index contributed by atoms with van der Waals surface area (Å²) in [5.41, 5.74) is 0.887. The van der Waals surface area contributed by atoms with Crippen molar-refractivity contribution in [3.8, 4) is 0 Å². The van der Waals surface area contributed by atoms with Crippen molar-refractivity contribution >= 4 is 22.6 Å². The van der Waals surface area contributed by atoms with Crippen LogP contribution in [0, 0.1) is 5.92 Å². The minimum absolute atomic E-state index is 0.0397. The number of furan rings is 1. The van der Waals surface area contributed by atoms with Crippen molar-refractivity contribution in [2.75, 3.05) is 6.54 Å². The Morgan fingerprint density at radius 1 is 1.20 bits per heavy atom. The summed E-state index contributed by atoms with van der Waals surface area (Å²) < 4.78 is 6.16. The molecule has 0 amide bonds. The highest BCUT2D eigenvalue weighted by Gasteiger charge is 2.38. The van der Waals surface area contributed by atoms with Gasteiger partial charge in [0, 0.05) is 10.4 Å². The molecule has 20 heavy (non-hydrogen) atoms. The van der Waals surface area contributed by atoms with E-state index in [0.29, 0.717) is 5.92 Å². The monoisotopic (exact) mass is 291 g/mol. The minimum atomic E-state index is -0.0397. The predicted molar refractivity (Wildman–Crippen MR) is 84.2 cm³/mol. The number of halogens is 1. The first-order valence-corrected chi connectivity index (χ1v) is 7.94. The first kappa shape index (κ1) is 14.0. The van der Waals surface area contributed by atoms with Gasteiger partial charge in [0.15, 0.2) is 0 Å². The topological polar surface area (TPSA) is 25.2 Å². The fraction of sp³-hybridized carbons (Fsp3) is 0.529. The molecule has 0 radical (unpaired) electrons. The van der Waals surface area contributed by atoms with Crippen LogP contribution in [0.2, 0.25) is 5.02 Å². The lowest BCUT2D eigenvalue weighted by Crippen LogP contribution is -2.46. The molecule has 1 aromatic heterocycles. The highest BCUT2D eigenvalue weighted by molar-refractivity contribution is 6.31. The molecule has 1 aromatic carbocycles. The normalized spacial score (nSPS) is 24.2. The van der Waals surface area contributed by atoms with Gasteiger partial charge in [-0.1, -0.05) is 38.3 Å². The van der Waals surface area contributed by atoms with E-state index < -0.39 is 0 Å². The highest BCUT2D eigenvalue weighted by Crippen LogP contribution is 2.39. The van der Waals surface area contributed by atoms with Gasteiger partial charge in [0.2, 0.25) is 0 Å². The van der Waals surface area contributed by atoms with Crippen LogP contribution in [0.5, 0.6) is 0 Å². The van der Waals surface area contributed by atoms with E-state index in [2.05, 4.69) is 25.2 Å². The average molecular weight is 292 g/mol. The number of fused-ring (bicyclic) bond motifs is 1. The number of hydrogen-bond acceptors (Lipinski definition) is 2. The maximum absolute atomic E-state index is 6.16. The van der Waals surface area contributed by atoms with E-state index in [1.807, 2.05) is 18.2 Å². The van der Waals surface area contributed by atoms with Crippen molar-refractivity contribution in [3.05, 3.63) is 35.0 Å². The lowest BCUT2D eigenvalue weighted by Gasteiger charge is -2.35. The molecule has 1 N–H and O–H groups in total. The Kier molecular flexibility index (Phi) is 3.78. The zero-order valence-corrected chi connectivity index (χ0v) is 13.0. The van der Waals surface area contributed by atoms with Crippen molar-refractivity contribution in [1.29, 1.82) is 0 Å². The third kappa shape index (κ3) is 2.36. The third-order valence-electron chi connectivity index (χ3n) is 4.59. The van der Waals surface area contributed by atoms with Crippen LogP contribution in [0.3, 0.4) is 0 Å². The van der Waals surface area contributed by atoms with E-state index in [9.17, 15) is 0 Å². The van der Waals surface area contributed by atoms with E-state index in [1.54, 1.807) is 0 Å². The van der Waals surface area contributed by atoms with Crippen molar-refractivity contribution in [1.82, 2.24) is 5.32 Å². The zero-order valence-electron chi connectivity index (χ0n) is 12.2. The summed E-state index contributed by atoms with van der Waals surface area (Å²) in [4.78, 5) is 0. The molecule has 2 heterocycles. The lowest BCUT2D eigenvalue weighted by atomic mass is 9.80. The van der Waals surface area contributed by atoms with Gasteiger partial charge in [-0.25, -0.2) is 0 Å². The standard InChI is InChI=1S/C17H22ClNO/c1-12(2)17(8-4-3-5-9-19-17)16-11-13-10-14(18)6-7-15(13)20-16/h6-7,10-12,19H,3-5,8-9H2,1-2H3. The average Bonchev–Trinajstić information content (AvgIpc) is 2.68. The second-order valence-electron chi connectivity index (χ2n) is 6.16. The SMILES string of the molecule is CC(C)C1(c2cc3cc(Cl)ccc3o2)CCCCCN1. The Balaban J connectivity index is 2.08. The molecule has 0 bridgehead atoms. The lowest BCUT2D eigenvalue weighted by molar-refractivity contribution is 0.192. The van der Waals surface area contributed by atoms with E-state index >= 15 is 0 Å². The number of rotatable bonds is 2. The largest absolute Gasteiger partial charge is 0.459 e. The molecular formula is C17H22ClNO. The Morgan fingerprint density at radius 2 is 2.05 bits per heavy atom. The third-order valence-corrected chi connectivity index (χ3v) is 4.83. The molecule has 0 saturated carbocycles. The number of hydrogen-bond donors (Lipinski definition) is 1. The van der Waals surface area contributed by atoms with Crippen molar-refractivity contribution in [2.45, 2.75) is 45.1 Å². The summed E-state index contributed by atoms with van der Waals surface area (Å²) in [7, 11) is 0. The van der Waals surface area contributed by atoms with Gasteiger partial charge in [0.05, 0.1) is 5.54 Å². The van der Waals surface area contributed by atoms with Crippen LogP contribution in [-0.4, -0.2) is 6.54 Å². The van der Waals surface area contributed by atoms with Crippen LogP contribution >= 0.6 is 11.6 Å². The van der Waals surface area contributed by atoms with Gasteiger partial charge >= 0.3 is 0 Å². The molecule has 108 valence electrons. The van der Waals surface area contributed by atoms with Crippen LogP contribution in [-0.2, 0) is 5.54 Å². The second kappa shape index (κ2) is 5.42. The van der Waals surface area contributed by atoms with E-state index in [0.717, 1.165) is 34.7 Å². The minimum Gasteiger partial charge on any atom is -0.459 e. The first-order chi connectivity index (χ1) is 9.62. The molecule has 1 aliphatic rings. The summed E-state index contributed by atoms with van der Waals surface area (Å²) in [5.74, 6) is 1.56. The van der Waals surface area contributed by atoms with Gasteiger partial charge < -0.3 is 9.73 Å². The van der Waals surface area contributed by atoms with Crippen LogP contribution < -0.4 is 5.32 Å². The molecule has 0 spiro atoms. The molecule has 3 heteroatoms. The van der Waals surface area contributed by atoms with Gasteiger partial charge in [-0.15, -0.1) is 0 Å². The van der Waals surface area contributed by atoms with Crippen LogP contribution in [0.4, 0.5) is 0 Å². The summed E-state index contributed by atoms with van der Waals surface area (Å²) >= 11 is 6.08. The maximum Gasteiger partial charge on any atom is 0.134 e. The molecule has 1 saturated heterocycles. The molecule has 1 aliphatic heterocycles. The quantitative estimate of drug-likeness (QED) is 0.832. The van der Waals surface area contributed by atoms with Crippen LogP contribution in [0.25, 0.3) is 11.0 Å². The van der Waals surface area contributed by atoms with E-state index in [1.165, 1.54) is 19.3 Å². The van der Waals surface area contributed by atoms with E-state index in [4.69, 9.17) is 16.0 Å². The summed E-state index contributed by atoms with van der Waals surface area (Å²) in [6, 6.07) is 8.00. The summed E-state index contributed by atoms with van der Waals surface area (Å²) in [6.45, 7) is 5.62. The van der Waals surface area contributed by atoms with Gasteiger partial charge in [-0.3, -0.25) is 0 Å². The first-order valence-electron chi connectivity index (χ1n) is 7.56. The maximum atomic E-state index is 6.16. The molecule has 2 aromatic rings. The number of benzene rings is 1. The van der Waals surface area contributed by atoms with Gasteiger partial charge in [-0.2, -0.15) is 0 Å². The Morgan fingerprint density at radius 3 is 2.85 bits per heavy atom. The number of nitrogens with one attached hydrogen (secondary N) is 1. The van der Waals surface area contributed by atoms with E-state index in [-0.39, 0.29) is 5.54 Å². The van der Waals surface area contributed by atoms with Crippen LogP contribution in [0.15, 0.2) is 28.7 Å². The smallest absolute Gasteiger partial charge is 0.134 e. The van der Waals surface area contributed by atoms with Crippen molar-refractivity contribution in [3.63, 3.8) is 0 Å². The van der Waals surface area contributed by atoms with Crippen molar-refractivity contribution < 1.29 is 4.42 Å². The van der Waals surface area contributed by atoms with Gasteiger partial charge in [0.25, 0.3) is 0 Å². The summed E-state index contributed by atoms with van der Waals surface area (Å²) in [6.07, 6.45) is 4.94.